The van der Waals surface area contributed by atoms with Crippen molar-refractivity contribution in [2.24, 2.45) is 4.99 Å². The third-order valence-electron chi connectivity index (χ3n) is 5.68. The van der Waals surface area contributed by atoms with Crippen molar-refractivity contribution < 1.29 is 14.2 Å². The van der Waals surface area contributed by atoms with Crippen molar-refractivity contribution in [1.82, 2.24) is 15.5 Å². The van der Waals surface area contributed by atoms with E-state index in [-0.39, 0.29) is 0 Å². The van der Waals surface area contributed by atoms with Crippen LogP contribution in [0, 0.1) is 0 Å². The third-order valence-corrected chi connectivity index (χ3v) is 5.68. The lowest BCUT2D eigenvalue weighted by Crippen LogP contribution is -2.44. The predicted molar refractivity (Wildman–Crippen MR) is 128 cm³/mol. The third kappa shape index (κ3) is 6.87. The molecule has 174 valence electrons. The van der Waals surface area contributed by atoms with Gasteiger partial charge in [-0.3, -0.25) is 9.89 Å². The van der Waals surface area contributed by atoms with Crippen LogP contribution in [0.25, 0.3) is 0 Å². The highest BCUT2D eigenvalue weighted by Gasteiger charge is 2.23. The molecule has 1 aliphatic rings. The Morgan fingerprint density at radius 2 is 1.81 bits per heavy atom. The summed E-state index contributed by atoms with van der Waals surface area (Å²) in [7, 11) is 5.18. The zero-order valence-corrected chi connectivity index (χ0v) is 19.7. The first-order chi connectivity index (χ1) is 15.6. The van der Waals surface area contributed by atoms with E-state index in [4.69, 9.17) is 14.2 Å². The van der Waals surface area contributed by atoms with Crippen LogP contribution >= 0.6 is 0 Å². The Hall–Kier alpha value is -2.77. The maximum Gasteiger partial charge on any atom is 0.191 e. The van der Waals surface area contributed by atoms with Crippen molar-refractivity contribution >= 4 is 5.96 Å². The fourth-order valence-electron chi connectivity index (χ4n) is 3.96. The molecule has 2 aromatic carbocycles. The normalized spacial score (nSPS) is 16.8. The summed E-state index contributed by atoms with van der Waals surface area (Å²) in [4.78, 5) is 6.87. The van der Waals surface area contributed by atoms with Gasteiger partial charge in [0.1, 0.15) is 11.5 Å². The Bertz CT molecular complexity index is 865. The highest BCUT2D eigenvalue weighted by atomic mass is 16.5. The lowest BCUT2D eigenvalue weighted by atomic mass is 10.1. The van der Waals surface area contributed by atoms with Crippen molar-refractivity contribution in [3.8, 4) is 11.5 Å². The van der Waals surface area contributed by atoms with Crippen molar-refractivity contribution in [1.29, 1.82) is 0 Å². The van der Waals surface area contributed by atoms with E-state index >= 15 is 0 Å². The summed E-state index contributed by atoms with van der Waals surface area (Å²) in [5, 5.41) is 7.03. The van der Waals surface area contributed by atoms with Crippen LogP contribution in [0.1, 0.15) is 30.0 Å². The van der Waals surface area contributed by atoms with Gasteiger partial charge < -0.3 is 24.8 Å². The molecule has 1 aliphatic heterocycles. The van der Waals surface area contributed by atoms with E-state index in [1.54, 1.807) is 14.2 Å². The highest BCUT2D eigenvalue weighted by Crippen LogP contribution is 2.24. The average Bonchev–Trinajstić information content (AvgIpc) is 3.27. The average molecular weight is 441 g/mol. The number of nitrogens with zero attached hydrogens (tertiary/aromatic N) is 2. The van der Waals surface area contributed by atoms with Gasteiger partial charge in [-0.2, -0.15) is 0 Å². The minimum absolute atomic E-state index is 0.354. The van der Waals surface area contributed by atoms with Crippen LogP contribution in [0.4, 0.5) is 0 Å². The maximum atomic E-state index is 5.60. The molecule has 0 aromatic heterocycles. The van der Waals surface area contributed by atoms with Crippen molar-refractivity contribution in [2.75, 3.05) is 41.0 Å². The molecule has 0 amide bonds. The van der Waals surface area contributed by atoms with Crippen LogP contribution in [-0.2, 0) is 24.4 Å². The van der Waals surface area contributed by atoms with Gasteiger partial charge in [-0.1, -0.05) is 24.3 Å². The first kappa shape index (κ1) is 23.9. The van der Waals surface area contributed by atoms with E-state index in [1.165, 1.54) is 16.7 Å². The molecule has 7 heteroatoms. The Balaban J connectivity index is 1.51. The standard InChI is InChI=1S/C25H36N4O3/c1-5-32-18-21-9-7-6-8-20(21)15-27-25(26-2)28-22-10-11-29(17-22)16-19-12-23(30-3)14-24(13-19)31-4/h6-9,12-14,22H,5,10-11,15-18H2,1-4H3,(H2,26,27,28). The van der Waals surface area contributed by atoms with E-state index in [0.717, 1.165) is 43.5 Å². The van der Waals surface area contributed by atoms with E-state index in [9.17, 15) is 0 Å². The summed E-state index contributed by atoms with van der Waals surface area (Å²) in [6.45, 7) is 6.93. The number of likely N-dealkylation sites (tertiary alicyclic amines) is 1. The second-order valence-corrected chi connectivity index (χ2v) is 7.92. The molecule has 32 heavy (non-hydrogen) atoms. The van der Waals surface area contributed by atoms with Crippen LogP contribution < -0.4 is 20.1 Å². The Morgan fingerprint density at radius 1 is 1.09 bits per heavy atom. The number of ether oxygens (including phenoxy) is 3. The molecule has 1 unspecified atom stereocenters. The number of nitrogens with one attached hydrogen (secondary N) is 2. The van der Waals surface area contributed by atoms with Crippen molar-refractivity contribution in [3.05, 3.63) is 59.2 Å². The number of aliphatic imine (C=N–C) groups is 1. The van der Waals surface area contributed by atoms with Crippen LogP contribution in [0.5, 0.6) is 11.5 Å². The zero-order valence-electron chi connectivity index (χ0n) is 19.7. The van der Waals surface area contributed by atoms with Crippen LogP contribution in [-0.4, -0.2) is 57.9 Å². The van der Waals surface area contributed by atoms with E-state index in [2.05, 4.69) is 56.9 Å². The summed E-state index contributed by atoms with van der Waals surface area (Å²) in [5.74, 6) is 2.47. The first-order valence-corrected chi connectivity index (χ1v) is 11.2. The molecule has 1 atom stereocenters. The summed E-state index contributed by atoms with van der Waals surface area (Å²) in [6, 6.07) is 14.8. The van der Waals surface area contributed by atoms with Gasteiger partial charge in [0.25, 0.3) is 0 Å². The van der Waals surface area contributed by atoms with E-state index < -0.39 is 0 Å². The quantitative estimate of drug-likeness (QED) is 0.437. The minimum atomic E-state index is 0.354. The highest BCUT2D eigenvalue weighted by molar-refractivity contribution is 5.80. The maximum absolute atomic E-state index is 5.60. The van der Waals surface area contributed by atoms with Gasteiger partial charge >= 0.3 is 0 Å². The summed E-state index contributed by atoms with van der Waals surface area (Å²) >= 11 is 0. The van der Waals surface area contributed by atoms with Gasteiger partial charge in [-0.15, -0.1) is 0 Å². The topological polar surface area (TPSA) is 67.4 Å². The summed E-state index contributed by atoms with van der Waals surface area (Å²) in [5.41, 5.74) is 3.62. The van der Waals surface area contributed by atoms with E-state index in [1.807, 2.05) is 20.0 Å². The second-order valence-electron chi connectivity index (χ2n) is 7.92. The summed E-state index contributed by atoms with van der Waals surface area (Å²) in [6.07, 6.45) is 1.07. The molecule has 1 fully saturated rings. The largest absolute Gasteiger partial charge is 0.497 e. The number of methoxy groups -OCH3 is 2. The van der Waals surface area contributed by atoms with Crippen molar-refractivity contribution in [2.45, 2.75) is 39.1 Å². The smallest absolute Gasteiger partial charge is 0.191 e. The predicted octanol–water partition coefficient (Wildman–Crippen LogP) is 3.18. The van der Waals surface area contributed by atoms with Gasteiger partial charge in [0.05, 0.1) is 20.8 Å². The van der Waals surface area contributed by atoms with Gasteiger partial charge in [0.2, 0.25) is 0 Å². The monoisotopic (exact) mass is 440 g/mol. The van der Waals surface area contributed by atoms with Crippen LogP contribution in [0.15, 0.2) is 47.5 Å². The molecule has 2 N–H and O–H groups in total. The SMILES string of the molecule is CCOCc1ccccc1CNC(=NC)NC1CCN(Cc2cc(OC)cc(OC)c2)C1. The molecule has 7 nitrogen and oxygen atoms in total. The number of hydrogen-bond donors (Lipinski definition) is 2. The Kier molecular flexibility index (Phi) is 9.19. The molecule has 1 saturated heterocycles. The fraction of sp³-hybridized carbons (Fsp3) is 0.480. The fourth-order valence-corrected chi connectivity index (χ4v) is 3.96. The van der Waals surface area contributed by atoms with Crippen molar-refractivity contribution in [3.63, 3.8) is 0 Å². The van der Waals surface area contributed by atoms with Gasteiger partial charge in [0.15, 0.2) is 5.96 Å². The van der Waals surface area contributed by atoms with Gasteiger partial charge in [0, 0.05) is 51.9 Å². The Morgan fingerprint density at radius 3 is 2.47 bits per heavy atom. The molecule has 3 rings (SSSR count). The molecular formula is C25H36N4O3. The summed E-state index contributed by atoms with van der Waals surface area (Å²) < 4.78 is 16.4. The van der Waals surface area contributed by atoms with Gasteiger partial charge in [-0.25, -0.2) is 0 Å². The molecule has 0 bridgehead atoms. The van der Waals surface area contributed by atoms with Crippen LogP contribution in [0.3, 0.4) is 0 Å². The number of hydrogen-bond acceptors (Lipinski definition) is 5. The number of guanidine groups is 1. The number of rotatable bonds is 10. The lowest BCUT2D eigenvalue weighted by molar-refractivity contribution is 0.133. The van der Waals surface area contributed by atoms with Crippen LogP contribution in [0.2, 0.25) is 0 Å². The molecule has 0 radical (unpaired) electrons. The first-order valence-electron chi connectivity index (χ1n) is 11.2. The lowest BCUT2D eigenvalue weighted by Gasteiger charge is -2.20. The van der Waals surface area contributed by atoms with E-state index in [0.29, 0.717) is 25.8 Å². The Labute approximate surface area is 191 Å². The molecular weight excluding hydrogens is 404 g/mol. The molecule has 1 heterocycles. The minimum Gasteiger partial charge on any atom is -0.497 e. The molecule has 0 aliphatic carbocycles. The molecule has 0 saturated carbocycles. The molecule has 2 aromatic rings. The molecule has 0 spiro atoms. The van der Waals surface area contributed by atoms with Gasteiger partial charge in [-0.05, 0) is 42.2 Å². The number of benzene rings is 2. The zero-order chi connectivity index (χ0) is 22.8. The second kappa shape index (κ2) is 12.3.